The fraction of sp³-hybridized carbons (Fsp3) is 0.833. The van der Waals surface area contributed by atoms with Crippen LogP contribution < -0.4 is 5.32 Å². The van der Waals surface area contributed by atoms with Gasteiger partial charge in [0, 0.05) is 25.2 Å². The molecule has 1 aliphatic heterocycles. The molecule has 0 aromatic carbocycles. The highest BCUT2D eigenvalue weighted by molar-refractivity contribution is 7.89. The van der Waals surface area contributed by atoms with Gasteiger partial charge in [-0.05, 0) is 26.3 Å². The smallest absolute Gasteiger partial charge is 0.315 e. The molecule has 0 amide bonds. The molecule has 0 aliphatic carbocycles. The van der Waals surface area contributed by atoms with Crippen molar-refractivity contribution in [3.8, 4) is 0 Å². The Bertz CT molecular complexity index is 446. The first-order valence-electron chi connectivity index (χ1n) is 6.65. The highest BCUT2D eigenvalue weighted by Gasteiger charge is 2.37. The number of halogens is 3. The van der Waals surface area contributed by atoms with E-state index in [4.69, 9.17) is 0 Å². The van der Waals surface area contributed by atoms with Crippen molar-refractivity contribution in [1.29, 1.82) is 0 Å². The van der Waals surface area contributed by atoms with Crippen LogP contribution in [0.25, 0.3) is 0 Å². The van der Waals surface area contributed by atoms with E-state index in [1.54, 1.807) is 6.92 Å². The highest BCUT2D eigenvalue weighted by atomic mass is 32.2. The molecule has 1 heterocycles. The first-order valence-corrected chi connectivity index (χ1v) is 8.15. The van der Waals surface area contributed by atoms with E-state index in [2.05, 4.69) is 5.32 Å². The number of nitrogens with one attached hydrogen (secondary N) is 1. The second-order valence-electron chi connectivity index (χ2n) is 4.89. The monoisotopic (exact) mass is 314 g/mol. The Morgan fingerprint density at radius 2 is 2.10 bits per heavy atom. The molecule has 20 heavy (non-hydrogen) atoms. The summed E-state index contributed by atoms with van der Waals surface area (Å²) < 4.78 is 63.0. The third kappa shape index (κ3) is 4.46. The SMILES string of the molecule is CCCNCC(C)S(=O)(=O)N1CC=C(C(F)(F)F)CC1. The van der Waals surface area contributed by atoms with Gasteiger partial charge in [0.15, 0.2) is 0 Å². The Balaban J connectivity index is 2.65. The van der Waals surface area contributed by atoms with E-state index in [0.717, 1.165) is 23.3 Å². The van der Waals surface area contributed by atoms with Crippen molar-refractivity contribution in [2.75, 3.05) is 26.2 Å². The molecule has 8 heteroatoms. The van der Waals surface area contributed by atoms with Crippen molar-refractivity contribution in [2.45, 2.75) is 38.1 Å². The van der Waals surface area contributed by atoms with Crippen LogP contribution in [0.5, 0.6) is 0 Å². The Hall–Kier alpha value is -0.600. The lowest BCUT2D eigenvalue weighted by Gasteiger charge is -2.29. The van der Waals surface area contributed by atoms with E-state index < -0.39 is 27.0 Å². The minimum Gasteiger partial charge on any atom is -0.315 e. The van der Waals surface area contributed by atoms with Crippen LogP contribution in [0.2, 0.25) is 0 Å². The highest BCUT2D eigenvalue weighted by Crippen LogP contribution is 2.31. The molecule has 1 rings (SSSR count). The van der Waals surface area contributed by atoms with E-state index in [1.165, 1.54) is 0 Å². The summed E-state index contributed by atoms with van der Waals surface area (Å²) in [6.07, 6.45) is -2.77. The predicted octanol–water partition coefficient (Wildman–Crippen LogP) is 1.90. The van der Waals surface area contributed by atoms with Crippen LogP contribution in [-0.4, -0.2) is 50.3 Å². The largest absolute Gasteiger partial charge is 0.412 e. The number of alkyl halides is 3. The molecule has 4 nitrogen and oxygen atoms in total. The van der Waals surface area contributed by atoms with Gasteiger partial charge in [0.1, 0.15) is 0 Å². The summed E-state index contributed by atoms with van der Waals surface area (Å²) in [6.45, 7) is 4.27. The molecule has 1 unspecified atom stereocenters. The maximum absolute atomic E-state index is 12.5. The van der Waals surface area contributed by atoms with Gasteiger partial charge in [-0.1, -0.05) is 13.0 Å². The molecule has 1 aliphatic rings. The van der Waals surface area contributed by atoms with E-state index in [0.29, 0.717) is 6.54 Å². The van der Waals surface area contributed by atoms with E-state index >= 15 is 0 Å². The van der Waals surface area contributed by atoms with E-state index in [-0.39, 0.29) is 19.5 Å². The fourth-order valence-corrected chi connectivity index (χ4v) is 3.45. The summed E-state index contributed by atoms with van der Waals surface area (Å²) in [4.78, 5) is 0. The number of hydrogen-bond donors (Lipinski definition) is 1. The molecule has 118 valence electrons. The van der Waals surface area contributed by atoms with Crippen LogP contribution in [0.1, 0.15) is 26.7 Å². The van der Waals surface area contributed by atoms with Crippen LogP contribution >= 0.6 is 0 Å². The zero-order chi connectivity index (χ0) is 15.4. The lowest BCUT2D eigenvalue weighted by Crippen LogP contribution is -2.44. The number of nitrogens with zero attached hydrogens (tertiary/aromatic N) is 1. The zero-order valence-electron chi connectivity index (χ0n) is 11.7. The first-order chi connectivity index (χ1) is 9.19. The van der Waals surface area contributed by atoms with Crippen molar-refractivity contribution in [3.63, 3.8) is 0 Å². The Kier molecular flexibility index (Phi) is 6.03. The summed E-state index contributed by atoms with van der Waals surface area (Å²) in [5, 5.41) is 2.37. The summed E-state index contributed by atoms with van der Waals surface area (Å²) in [6, 6.07) is 0. The van der Waals surface area contributed by atoms with Crippen molar-refractivity contribution < 1.29 is 21.6 Å². The van der Waals surface area contributed by atoms with Gasteiger partial charge in [-0.2, -0.15) is 17.5 Å². The summed E-state index contributed by atoms with van der Waals surface area (Å²) in [5.74, 6) is 0. The molecule has 1 atom stereocenters. The van der Waals surface area contributed by atoms with Crippen LogP contribution in [0, 0.1) is 0 Å². The number of sulfonamides is 1. The average molecular weight is 314 g/mol. The van der Waals surface area contributed by atoms with Crippen LogP contribution in [-0.2, 0) is 10.0 Å². The van der Waals surface area contributed by atoms with Gasteiger partial charge in [-0.25, -0.2) is 8.42 Å². The standard InChI is InChI=1S/C12H21F3N2O2S/c1-3-6-16-9-10(2)20(18,19)17-7-4-11(5-8-17)12(13,14)15/h4,10,16H,3,5-9H2,1-2H3. The maximum atomic E-state index is 12.5. The Morgan fingerprint density at radius 3 is 2.55 bits per heavy atom. The minimum absolute atomic E-state index is 0.105. The maximum Gasteiger partial charge on any atom is 0.412 e. The molecule has 1 N–H and O–H groups in total. The van der Waals surface area contributed by atoms with Crippen LogP contribution in [0.4, 0.5) is 13.2 Å². The molecule has 0 spiro atoms. The Labute approximate surface area is 118 Å². The minimum atomic E-state index is -4.36. The van der Waals surface area contributed by atoms with Crippen molar-refractivity contribution >= 4 is 10.0 Å². The third-order valence-corrected chi connectivity index (χ3v) is 5.50. The van der Waals surface area contributed by atoms with Gasteiger partial charge in [-0.3, -0.25) is 0 Å². The average Bonchev–Trinajstić information content (AvgIpc) is 2.38. The van der Waals surface area contributed by atoms with Crippen molar-refractivity contribution in [1.82, 2.24) is 9.62 Å². The molecule has 0 aromatic heterocycles. The quantitative estimate of drug-likeness (QED) is 0.602. The zero-order valence-corrected chi connectivity index (χ0v) is 12.5. The Morgan fingerprint density at radius 1 is 1.45 bits per heavy atom. The molecule has 0 saturated heterocycles. The number of hydrogen-bond acceptors (Lipinski definition) is 3. The second-order valence-corrected chi connectivity index (χ2v) is 7.25. The van der Waals surface area contributed by atoms with Crippen molar-refractivity contribution in [2.24, 2.45) is 0 Å². The van der Waals surface area contributed by atoms with Gasteiger partial charge in [0.25, 0.3) is 0 Å². The lowest BCUT2D eigenvalue weighted by atomic mass is 10.1. The van der Waals surface area contributed by atoms with Crippen LogP contribution in [0.15, 0.2) is 11.6 Å². The fourth-order valence-electron chi connectivity index (χ4n) is 1.98. The van der Waals surface area contributed by atoms with Crippen molar-refractivity contribution in [3.05, 3.63) is 11.6 Å². The molecular weight excluding hydrogens is 293 g/mol. The van der Waals surface area contributed by atoms with Crippen LogP contribution in [0.3, 0.4) is 0 Å². The van der Waals surface area contributed by atoms with Gasteiger partial charge >= 0.3 is 6.18 Å². The number of rotatable bonds is 6. The lowest BCUT2D eigenvalue weighted by molar-refractivity contribution is -0.0953. The predicted molar refractivity (Wildman–Crippen MR) is 71.9 cm³/mol. The van der Waals surface area contributed by atoms with Gasteiger partial charge in [0.2, 0.25) is 10.0 Å². The molecule has 0 radical (unpaired) electrons. The van der Waals surface area contributed by atoms with Gasteiger partial charge in [-0.15, -0.1) is 0 Å². The topological polar surface area (TPSA) is 49.4 Å². The molecule has 0 aromatic rings. The normalized spacial score (nSPS) is 19.8. The summed E-state index contributed by atoms with van der Waals surface area (Å²) in [7, 11) is -3.55. The first kappa shape index (κ1) is 17.5. The summed E-state index contributed by atoms with van der Waals surface area (Å²) in [5.41, 5.74) is -0.638. The second kappa shape index (κ2) is 6.91. The van der Waals surface area contributed by atoms with E-state index in [9.17, 15) is 21.6 Å². The van der Waals surface area contributed by atoms with Gasteiger partial charge < -0.3 is 5.32 Å². The molecule has 0 saturated carbocycles. The van der Waals surface area contributed by atoms with E-state index in [1.807, 2.05) is 6.92 Å². The molecule has 0 bridgehead atoms. The molecular formula is C12H21F3N2O2S. The summed E-state index contributed by atoms with van der Waals surface area (Å²) >= 11 is 0. The third-order valence-electron chi connectivity index (χ3n) is 3.26. The molecule has 0 fully saturated rings. The van der Waals surface area contributed by atoms with Gasteiger partial charge in [0.05, 0.1) is 5.25 Å².